The molecule has 0 saturated heterocycles. The van der Waals surface area contributed by atoms with Crippen LogP contribution in [0.5, 0.6) is 5.75 Å². The number of carbonyl (C=O) groups excluding carboxylic acids is 4. The fourth-order valence-electron chi connectivity index (χ4n) is 6.56. The molecule has 51 heavy (non-hydrogen) atoms. The zero-order valence-corrected chi connectivity index (χ0v) is 29.3. The molecule has 5 rings (SSSR count). The first-order valence-electron chi connectivity index (χ1n) is 18.2. The molecule has 3 N–H and O–H groups in total. The van der Waals surface area contributed by atoms with Crippen molar-refractivity contribution < 1.29 is 33.8 Å². The summed E-state index contributed by atoms with van der Waals surface area (Å²) >= 11 is 0. The van der Waals surface area contributed by atoms with Gasteiger partial charge in [-0.2, -0.15) is 0 Å². The van der Waals surface area contributed by atoms with Crippen LogP contribution in [0.15, 0.2) is 91.0 Å². The number of aliphatic carboxylic acids is 1. The second kappa shape index (κ2) is 21.4. The highest BCUT2D eigenvalue weighted by molar-refractivity contribution is 5.98. The fourth-order valence-corrected chi connectivity index (χ4v) is 6.56. The quantitative estimate of drug-likeness (QED) is 0.127. The Kier molecular flexibility index (Phi) is 16.4. The van der Waals surface area contributed by atoms with Gasteiger partial charge < -0.3 is 25.4 Å². The van der Waals surface area contributed by atoms with Gasteiger partial charge in [-0.15, -0.1) is 0 Å². The van der Waals surface area contributed by atoms with Crippen LogP contribution in [-0.2, 0) is 25.6 Å². The number of esters is 1. The number of hydrogen-bond acceptors (Lipinski definition) is 7. The van der Waals surface area contributed by atoms with Gasteiger partial charge >= 0.3 is 11.9 Å². The van der Waals surface area contributed by atoms with E-state index < -0.39 is 48.7 Å². The van der Waals surface area contributed by atoms with Gasteiger partial charge in [-0.25, -0.2) is 4.79 Å². The maximum Gasteiger partial charge on any atom is 0.331 e. The fraction of sp³-hybridized carbons (Fsp3) is 0.439. The summed E-state index contributed by atoms with van der Waals surface area (Å²) in [4.78, 5) is 63.1. The highest BCUT2D eigenvalue weighted by atomic mass is 16.5. The molecule has 0 spiro atoms. The van der Waals surface area contributed by atoms with Gasteiger partial charge in [0.2, 0.25) is 5.91 Å². The molecule has 272 valence electrons. The van der Waals surface area contributed by atoms with Crippen LogP contribution < -0.4 is 15.4 Å². The summed E-state index contributed by atoms with van der Waals surface area (Å²) in [5.74, 6) is -3.38. The Labute approximate surface area is 301 Å². The van der Waals surface area contributed by atoms with E-state index in [0.717, 1.165) is 22.5 Å². The molecular weight excluding hydrogens is 646 g/mol. The Hall–Kier alpha value is -4.83. The van der Waals surface area contributed by atoms with Crippen molar-refractivity contribution in [2.75, 3.05) is 13.1 Å². The van der Waals surface area contributed by atoms with Gasteiger partial charge in [-0.05, 0) is 61.9 Å². The lowest BCUT2D eigenvalue weighted by atomic mass is 9.91. The normalized spacial score (nSPS) is 15.4. The number of Topliss-reactive ketones (excluding diaryl/α,β-unsaturated/α-hetero) is 1. The largest absolute Gasteiger partial charge is 0.480 e. The minimum atomic E-state index is -1.31. The second-order valence-electron chi connectivity index (χ2n) is 13.3. The topological polar surface area (TPSA) is 142 Å². The number of nitrogens with zero attached hydrogens (tertiary/aromatic N) is 1. The van der Waals surface area contributed by atoms with Crippen LogP contribution in [-0.4, -0.2) is 70.8 Å². The van der Waals surface area contributed by atoms with Crippen molar-refractivity contribution in [3.63, 3.8) is 0 Å². The van der Waals surface area contributed by atoms with E-state index in [1.165, 1.54) is 64.2 Å². The minimum absolute atomic E-state index is 0.217. The third-order valence-electron chi connectivity index (χ3n) is 9.25. The zero-order valence-electron chi connectivity index (χ0n) is 29.3. The average Bonchev–Trinajstić information content (AvgIpc) is 3.15. The molecule has 3 aromatic carbocycles. The van der Waals surface area contributed by atoms with Crippen LogP contribution in [0.3, 0.4) is 0 Å². The first-order chi connectivity index (χ1) is 24.8. The highest BCUT2D eigenvalue weighted by Crippen LogP contribution is 2.22. The summed E-state index contributed by atoms with van der Waals surface area (Å²) in [6.07, 6.45) is 14.2. The van der Waals surface area contributed by atoms with Gasteiger partial charge in [-0.1, -0.05) is 105 Å². The molecule has 0 radical (unpaired) electrons. The number of para-hydroxylation sites is 1. The van der Waals surface area contributed by atoms with Crippen LogP contribution in [0.2, 0.25) is 0 Å². The van der Waals surface area contributed by atoms with Gasteiger partial charge in [0.25, 0.3) is 5.91 Å². The summed E-state index contributed by atoms with van der Waals surface area (Å²) in [5, 5.41) is 15.8. The minimum Gasteiger partial charge on any atom is -0.480 e. The molecule has 2 amide bonds. The van der Waals surface area contributed by atoms with Gasteiger partial charge in [-0.3, -0.25) is 19.2 Å². The van der Waals surface area contributed by atoms with Crippen molar-refractivity contribution in [3.8, 4) is 5.75 Å². The summed E-state index contributed by atoms with van der Waals surface area (Å²) in [6, 6.07) is 26.6. The lowest BCUT2D eigenvalue weighted by Crippen LogP contribution is -2.44. The molecule has 1 unspecified atom stereocenters. The van der Waals surface area contributed by atoms with Crippen LogP contribution in [0.25, 0.3) is 0 Å². The number of ketones is 1. The number of ether oxygens (including phenoxy) is 1. The second-order valence-corrected chi connectivity index (χ2v) is 13.3. The first-order valence-corrected chi connectivity index (χ1v) is 18.2. The van der Waals surface area contributed by atoms with E-state index in [-0.39, 0.29) is 25.0 Å². The van der Waals surface area contributed by atoms with Gasteiger partial charge in [0.05, 0.1) is 6.04 Å². The van der Waals surface area contributed by atoms with E-state index in [1.807, 2.05) is 30.3 Å². The molecule has 0 bridgehead atoms. The van der Waals surface area contributed by atoms with E-state index in [0.29, 0.717) is 5.56 Å². The molecule has 2 fully saturated rings. The van der Waals surface area contributed by atoms with Gasteiger partial charge in [0, 0.05) is 30.5 Å². The lowest BCUT2D eigenvalue weighted by Gasteiger charge is -2.30. The predicted molar refractivity (Wildman–Crippen MR) is 195 cm³/mol. The molecule has 10 nitrogen and oxygen atoms in total. The molecule has 1 atom stereocenters. The molecule has 0 aliphatic heterocycles. The van der Waals surface area contributed by atoms with E-state index in [4.69, 9.17) is 4.74 Å². The molecule has 2 aliphatic rings. The Balaban J connectivity index is 0.000000372. The summed E-state index contributed by atoms with van der Waals surface area (Å²) in [5.41, 5.74) is 1.21. The van der Waals surface area contributed by atoms with Crippen molar-refractivity contribution in [1.29, 1.82) is 0 Å². The predicted octanol–water partition coefficient (Wildman–Crippen LogP) is 6.14. The molecule has 0 aromatic heterocycles. The van der Waals surface area contributed by atoms with Gasteiger partial charge in [0.1, 0.15) is 18.8 Å². The number of benzene rings is 3. The number of amides is 2. The molecule has 3 aromatic rings. The number of nitrogens with one attached hydrogen (secondary N) is 2. The summed E-state index contributed by atoms with van der Waals surface area (Å²) < 4.78 is 5.15. The summed E-state index contributed by atoms with van der Waals surface area (Å²) in [6.45, 7) is -1.32. The van der Waals surface area contributed by atoms with Crippen LogP contribution >= 0.6 is 0 Å². The lowest BCUT2D eigenvalue weighted by molar-refractivity contribution is -0.148. The number of carboxylic acid groups (broad SMARTS) is 1. The van der Waals surface area contributed by atoms with Crippen molar-refractivity contribution in [1.82, 2.24) is 15.5 Å². The number of hydrogen-bond donors (Lipinski definition) is 3. The van der Waals surface area contributed by atoms with Crippen molar-refractivity contribution in [3.05, 3.63) is 102 Å². The van der Waals surface area contributed by atoms with Crippen LogP contribution in [0.1, 0.15) is 93.0 Å². The zero-order chi connectivity index (χ0) is 36.3. The first kappa shape index (κ1) is 39.0. The number of carbonyl (C=O) groups is 5. The number of carboxylic acids is 1. The smallest absolute Gasteiger partial charge is 0.331 e. The van der Waals surface area contributed by atoms with Crippen molar-refractivity contribution in [2.24, 2.45) is 0 Å². The Morgan fingerprint density at radius 2 is 1.22 bits per heavy atom. The molecule has 2 aliphatic carbocycles. The third kappa shape index (κ3) is 14.5. The standard InChI is InChI=1S/C29H28N2O7.C12H23N/c32-25(24(18-21-10-4-1-5-11-21)30-29(37)22-12-6-2-7-13-22)16-17-26(33)31(19-27(34)35)20-28(36)38-23-14-8-3-9-15-23;1-3-7-11(8-4-1)13-12-9-5-2-6-10-12/h1-15,24H,16-20H2,(H,30,37)(H,34,35);11-13H,1-10H2. The van der Waals surface area contributed by atoms with E-state index in [1.54, 1.807) is 60.7 Å². The maximum atomic E-state index is 13.1. The Morgan fingerprint density at radius 3 is 1.76 bits per heavy atom. The summed E-state index contributed by atoms with van der Waals surface area (Å²) in [7, 11) is 0. The molecular formula is C41H51N3O7. The Morgan fingerprint density at radius 1 is 0.686 bits per heavy atom. The highest BCUT2D eigenvalue weighted by Gasteiger charge is 2.26. The van der Waals surface area contributed by atoms with E-state index in [9.17, 15) is 29.1 Å². The molecule has 0 heterocycles. The van der Waals surface area contributed by atoms with E-state index >= 15 is 0 Å². The number of rotatable bonds is 15. The van der Waals surface area contributed by atoms with Crippen LogP contribution in [0.4, 0.5) is 0 Å². The van der Waals surface area contributed by atoms with E-state index in [2.05, 4.69) is 10.6 Å². The SMILES string of the molecule is C1CCC(NC2CCCCC2)CC1.O=C(O)CN(CC(=O)Oc1ccccc1)C(=O)CCC(=O)C(Cc1ccccc1)NC(=O)c1ccccc1. The molecule has 2 saturated carbocycles. The molecule has 10 heteroatoms. The van der Waals surface area contributed by atoms with Gasteiger partial charge in [0.15, 0.2) is 5.78 Å². The average molecular weight is 698 g/mol. The van der Waals surface area contributed by atoms with Crippen molar-refractivity contribution in [2.45, 2.75) is 102 Å². The third-order valence-corrected chi connectivity index (χ3v) is 9.25. The maximum absolute atomic E-state index is 13.1. The Bertz CT molecular complexity index is 1510. The van der Waals surface area contributed by atoms with Crippen molar-refractivity contribution >= 4 is 29.5 Å². The van der Waals surface area contributed by atoms with Crippen LogP contribution in [0, 0.1) is 0 Å². The monoisotopic (exact) mass is 697 g/mol.